The summed E-state index contributed by atoms with van der Waals surface area (Å²) in [6.07, 6.45) is 0.491. The first-order chi connectivity index (χ1) is 15.2. The molecule has 2 aromatic rings. The third kappa shape index (κ3) is 8.63. The maximum absolute atomic E-state index is 12.1. The van der Waals surface area contributed by atoms with Crippen molar-refractivity contribution in [1.82, 2.24) is 5.32 Å². The largest absolute Gasteiger partial charge is 0.491 e. The van der Waals surface area contributed by atoms with Gasteiger partial charge in [-0.2, -0.15) is 0 Å². The molecule has 9 heteroatoms. The Kier molecular flexibility index (Phi) is 10.9. The number of benzene rings is 2. The van der Waals surface area contributed by atoms with Crippen LogP contribution < -0.4 is 14.8 Å². The van der Waals surface area contributed by atoms with Gasteiger partial charge in [0.15, 0.2) is 0 Å². The van der Waals surface area contributed by atoms with Crippen molar-refractivity contribution >= 4 is 22.8 Å². The molecule has 0 saturated heterocycles. The third-order valence-electron chi connectivity index (χ3n) is 3.92. The summed E-state index contributed by atoms with van der Waals surface area (Å²) in [6, 6.07) is 10.7. The second kappa shape index (κ2) is 14.0. The van der Waals surface area contributed by atoms with Crippen molar-refractivity contribution < 1.29 is 38.4 Å². The monoisotopic (exact) mass is 433 g/mol. The number of fused-ring (bicyclic) bond motifs is 1. The van der Waals surface area contributed by atoms with Crippen LogP contribution in [0.2, 0.25) is 0 Å². The van der Waals surface area contributed by atoms with Crippen molar-refractivity contribution in [2.24, 2.45) is 0 Å². The number of carbonyl (C=O) groups excluding carboxylic acids is 2. The van der Waals surface area contributed by atoms with E-state index in [1.807, 2.05) is 12.1 Å². The average Bonchev–Trinajstić information content (AvgIpc) is 2.78. The average molecular weight is 433 g/mol. The van der Waals surface area contributed by atoms with Crippen molar-refractivity contribution in [3.8, 4) is 11.5 Å². The number of rotatable bonds is 14. The molecule has 0 atom stereocenters. The van der Waals surface area contributed by atoms with Crippen LogP contribution in [0.15, 0.2) is 49.1 Å². The Bertz CT molecular complexity index is 855. The molecule has 0 aliphatic carbocycles. The van der Waals surface area contributed by atoms with Gasteiger partial charge in [0.05, 0.1) is 33.0 Å². The van der Waals surface area contributed by atoms with E-state index >= 15 is 0 Å². The first-order valence-electron chi connectivity index (χ1n) is 9.81. The van der Waals surface area contributed by atoms with Crippen molar-refractivity contribution in [1.29, 1.82) is 0 Å². The van der Waals surface area contributed by atoms with Gasteiger partial charge in [-0.15, -0.1) is 0 Å². The van der Waals surface area contributed by atoms with Crippen LogP contribution in [0, 0.1) is 0 Å². The van der Waals surface area contributed by atoms with Gasteiger partial charge in [-0.1, -0.05) is 30.8 Å². The van der Waals surface area contributed by atoms with Crippen molar-refractivity contribution in [3.05, 3.63) is 49.1 Å². The molecular weight excluding hydrogens is 406 g/mol. The molecular formula is C22H27NO8. The topological polar surface area (TPSA) is 113 Å². The maximum atomic E-state index is 12.1. The van der Waals surface area contributed by atoms with Crippen LogP contribution in [0.3, 0.4) is 0 Å². The quantitative estimate of drug-likeness (QED) is 0.265. The maximum Gasteiger partial charge on any atom is 0.412 e. The number of nitrogens with one attached hydrogen (secondary N) is 1. The van der Waals surface area contributed by atoms with Crippen LogP contribution in [-0.4, -0.2) is 70.0 Å². The number of carbonyl (C=O) groups is 2. The van der Waals surface area contributed by atoms with Gasteiger partial charge in [0, 0.05) is 23.4 Å². The van der Waals surface area contributed by atoms with Crippen LogP contribution in [0.1, 0.15) is 0 Å². The lowest BCUT2D eigenvalue weighted by atomic mass is 10.1. The minimum absolute atomic E-state index is 0.0890. The Hall–Kier alpha value is -3.14. The molecule has 0 aliphatic heterocycles. The fraction of sp³-hybridized carbons (Fsp3) is 0.364. The Morgan fingerprint density at radius 1 is 0.903 bits per heavy atom. The minimum Gasteiger partial charge on any atom is -0.491 e. The third-order valence-corrected chi connectivity index (χ3v) is 3.92. The van der Waals surface area contributed by atoms with Crippen LogP contribution in [-0.2, 0) is 19.0 Å². The van der Waals surface area contributed by atoms with E-state index in [9.17, 15) is 9.59 Å². The molecule has 0 heterocycles. The molecule has 31 heavy (non-hydrogen) atoms. The van der Waals surface area contributed by atoms with Gasteiger partial charge in [-0.05, 0) is 12.1 Å². The second-order valence-corrected chi connectivity index (χ2v) is 6.09. The van der Waals surface area contributed by atoms with Gasteiger partial charge in [0.2, 0.25) is 0 Å². The van der Waals surface area contributed by atoms with Gasteiger partial charge in [-0.3, -0.25) is 0 Å². The lowest BCUT2D eigenvalue weighted by Gasteiger charge is -2.12. The van der Waals surface area contributed by atoms with Crippen LogP contribution in [0.5, 0.6) is 11.5 Å². The molecule has 0 bridgehead atoms. The first kappa shape index (κ1) is 24.1. The van der Waals surface area contributed by atoms with Gasteiger partial charge >= 0.3 is 12.1 Å². The fourth-order valence-electron chi connectivity index (χ4n) is 2.57. The van der Waals surface area contributed by atoms with Crippen molar-refractivity contribution in [2.45, 2.75) is 0 Å². The highest BCUT2D eigenvalue weighted by Crippen LogP contribution is 2.32. The molecule has 0 spiro atoms. The summed E-state index contributed by atoms with van der Waals surface area (Å²) in [6.45, 7) is 5.05. The van der Waals surface area contributed by atoms with Crippen LogP contribution in [0.4, 0.5) is 4.79 Å². The molecule has 0 saturated carbocycles. The number of esters is 1. The minimum atomic E-state index is -0.599. The van der Waals surface area contributed by atoms with E-state index in [-0.39, 0.29) is 33.0 Å². The molecule has 0 unspecified atom stereocenters. The molecule has 0 fully saturated rings. The Labute approximate surface area is 180 Å². The molecule has 0 aliphatic rings. The summed E-state index contributed by atoms with van der Waals surface area (Å²) in [5, 5.41) is 13.1. The summed E-state index contributed by atoms with van der Waals surface area (Å²) in [4.78, 5) is 22.9. The molecule has 2 N–H and O–H groups in total. The Morgan fingerprint density at radius 3 is 2.26 bits per heavy atom. The number of hydrogen-bond donors (Lipinski definition) is 2. The summed E-state index contributed by atoms with van der Waals surface area (Å²) >= 11 is 0. The summed E-state index contributed by atoms with van der Waals surface area (Å²) in [5.41, 5.74) is 0. The first-order valence-corrected chi connectivity index (χ1v) is 9.81. The van der Waals surface area contributed by atoms with E-state index in [1.165, 1.54) is 0 Å². The van der Waals surface area contributed by atoms with Gasteiger partial charge in [0.1, 0.15) is 24.7 Å². The fourth-order valence-corrected chi connectivity index (χ4v) is 2.57. The van der Waals surface area contributed by atoms with Crippen molar-refractivity contribution in [3.63, 3.8) is 0 Å². The molecule has 168 valence electrons. The van der Waals surface area contributed by atoms with Crippen molar-refractivity contribution in [2.75, 3.05) is 52.8 Å². The Morgan fingerprint density at radius 2 is 1.55 bits per heavy atom. The van der Waals surface area contributed by atoms with E-state index < -0.39 is 12.1 Å². The standard InChI is InChI=1S/C22H27NO8/c1-2-21(25)30-16-15-28-14-13-27-11-9-23-22(26)31-20-8-4-5-17-18(20)6-3-7-19(17)29-12-10-24/h2-8,24H,1,9-16H2,(H,23,26). The van der Waals surface area contributed by atoms with E-state index in [0.717, 1.165) is 16.8 Å². The lowest BCUT2D eigenvalue weighted by Crippen LogP contribution is -2.30. The van der Waals surface area contributed by atoms with E-state index in [1.54, 1.807) is 24.3 Å². The highest BCUT2D eigenvalue weighted by molar-refractivity contribution is 5.94. The molecule has 0 radical (unpaired) electrons. The van der Waals surface area contributed by atoms with Gasteiger partial charge < -0.3 is 34.1 Å². The van der Waals surface area contributed by atoms with E-state index in [2.05, 4.69) is 11.9 Å². The number of aliphatic hydroxyl groups excluding tert-OH is 1. The summed E-state index contributed by atoms with van der Waals surface area (Å²) in [7, 11) is 0. The van der Waals surface area contributed by atoms with E-state index in [4.69, 9.17) is 28.8 Å². The normalized spacial score (nSPS) is 10.5. The zero-order valence-corrected chi connectivity index (χ0v) is 17.2. The van der Waals surface area contributed by atoms with Gasteiger partial charge in [-0.25, -0.2) is 9.59 Å². The summed E-state index contributed by atoms with van der Waals surface area (Å²) < 4.78 is 26.3. The molecule has 2 aromatic carbocycles. The second-order valence-electron chi connectivity index (χ2n) is 6.09. The predicted octanol–water partition coefficient (Wildman–Crippen LogP) is 2.06. The molecule has 0 aromatic heterocycles. The predicted molar refractivity (Wildman–Crippen MR) is 113 cm³/mol. The number of hydrogen-bond acceptors (Lipinski definition) is 8. The zero-order valence-electron chi connectivity index (χ0n) is 17.2. The number of amides is 1. The highest BCUT2D eigenvalue weighted by Gasteiger charge is 2.10. The number of aliphatic hydroxyl groups is 1. The SMILES string of the molecule is C=CC(=O)OCCOCCOCCNC(=O)Oc1cccc2c(OCCO)cccc12. The summed E-state index contributed by atoms with van der Waals surface area (Å²) in [5.74, 6) is 0.514. The number of ether oxygens (including phenoxy) is 5. The van der Waals surface area contributed by atoms with E-state index in [0.29, 0.717) is 31.3 Å². The smallest absolute Gasteiger partial charge is 0.412 e. The van der Waals surface area contributed by atoms with Crippen LogP contribution in [0.25, 0.3) is 10.8 Å². The molecule has 2 rings (SSSR count). The van der Waals surface area contributed by atoms with Gasteiger partial charge in [0.25, 0.3) is 0 Å². The molecule has 9 nitrogen and oxygen atoms in total. The highest BCUT2D eigenvalue weighted by atomic mass is 16.6. The molecule has 1 amide bonds. The van der Waals surface area contributed by atoms with Crippen LogP contribution >= 0.6 is 0 Å². The lowest BCUT2D eigenvalue weighted by molar-refractivity contribution is -0.139. The Balaban J connectivity index is 1.66. The zero-order chi connectivity index (χ0) is 22.3.